The predicted octanol–water partition coefficient (Wildman–Crippen LogP) is 3.16. The summed E-state index contributed by atoms with van der Waals surface area (Å²) in [5.74, 6) is 0.647. The molecule has 0 saturated heterocycles. The molecule has 0 heterocycles. The molecule has 0 saturated carbocycles. The van der Waals surface area contributed by atoms with Crippen molar-refractivity contribution in [2.75, 3.05) is 5.75 Å². The molecular formula is C13H13NOS. The van der Waals surface area contributed by atoms with Crippen LogP contribution in [0.1, 0.15) is 23.6 Å². The second-order valence-electron chi connectivity index (χ2n) is 3.41. The number of nitrogens with zero attached hydrogens (tertiary/aromatic N) is 1. The highest BCUT2D eigenvalue weighted by Crippen LogP contribution is 2.13. The molecule has 0 aromatic heterocycles. The largest absolute Gasteiger partial charge is 0.288 e. The fraction of sp³-hybridized carbons (Fsp3) is 0.231. The molecule has 0 fully saturated rings. The van der Waals surface area contributed by atoms with Gasteiger partial charge in [0.25, 0.3) is 0 Å². The van der Waals surface area contributed by atoms with Crippen LogP contribution in [-0.4, -0.2) is 10.9 Å². The number of benzene rings is 1. The first-order valence-electron chi connectivity index (χ1n) is 4.94. The van der Waals surface area contributed by atoms with E-state index in [0.29, 0.717) is 11.3 Å². The summed E-state index contributed by atoms with van der Waals surface area (Å²) in [6, 6.07) is 7.91. The van der Waals surface area contributed by atoms with Crippen LogP contribution in [0, 0.1) is 18.3 Å². The predicted molar refractivity (Wildman–Crippen MR) is 68.1 cm³/mol. The van der Waals surface area contributed by atoms with E-state index in [4.69, 9.17) is 5.26 Å². The van der Waals surface area contributed by atoms with E-state index in [2.05, 4.69) is 6.07 Å². The molecule has 82 valence electrons. The molecule has 0 aliphatic rings. The lowest BCUT2D eigenvalue weighted by Crippen LogP contribution is -1.85. The Morgan fingerprint density at radius 1 is 1.56 bits per heavy atom. The van der Waals surface area contributed by atoms with Crippen molar-refractivity contribution in [3.8, 4) is 6.07 Å². The van der Waals surface area contributed by atoms with E-state index >= 15 is 0 Å². The fourth-order valence-corrected chi connectivity index (χ4v) is 1.68. The Labute approximate surface area is 100.0 Å². The minimum Gasteiger partial charge on any atom is -0.288 e. The first kappa shape index (κ1) is 12.5. The van der Waals surface area contributed by atoms with Crippen molar-refractivity contribution in [1.82, 2.24) is 0 Å². The summed E-state index contributed by atoms with van der Waals surface area (Å²) in [5.41, 5.74) is 2.65. The Hall–Kier alpha value is -1.53. The van der Waals surface area contributed by atoms with Crippen LogP contribution in [-0.2, 0) is 4.79 Å². The Morgan fingerprint density at radius 3 is 2.94 bits per heavy atom. The molecule has 0 atom stereocenters. The number of nitriles is 1. The van der Waals surface area contributed by atoms with Gasteiger partial charge >= 0.3 is 0 Å². The minimum absolute atomic E-state index is 0.106. The molecule has 0 unspecified atom stereocenters. The first-order chi connectivity index (χ1) is 7.63. The standard InChI is InChI=1S/C13H13NOS/c1-10-5-6-12(13(8-10)9-14)4-3-7-16-11(2)15/h3-6,8H,7H2,1-2H3. The summed E-state index contributed by atoms with van der Waals surface area (Å²) in [6.45, 7) is 3.50. The first-order valence-corrected chi connectivity index (χ1v) is 5.92. The molecule has 2 nitrogen and oxygen atoms in total. The van der Waals surface area contributed by atoms with Crippen molar-refractivity contribution in [1.29, 1.82) is 5.26 Å². The van der Waals surface area contributed by atoms with Gasteiger partial charge in [0.2, 0.25) is 0 Å². The zero-order valence-corrected chi connectivity index (χ0v) is 10.2. The molecule has 0 amide bonds. The Morgan fingerprint density at radius 2 is 2.31 bits per heavy atom. The smallest absolute Gasteiger partial charge is 0.186 e. The van der Waals surface area contributed by atoms with Gasteiger partial charge < -0.3 is 0 Å². The number of aryl methyl sites for hydroxylation is 1. The molecule has 0 spiro atoms. The number of carbonyl (C=O) groups is 1. The van der Waals surface area contributed by atoms with Crippen molar-refractivity contribution < 1.29 is 4.79 Å². The highest BCUT2D eigenvalue weighted by Gasteiger charge is 1.98. The third kappa shape index (κ3) is 3.92. The molecule has 3 heteroatoms. The lowest BCUT2D eigenvalue weighted by atomic mass is 10.1. The van der Waals surface area contributed by atoms with Gasteiger partial charge in [-0.3, -0.25) is 4.79 Å². The van der Waals surface area contributed by atoms with E-state index in [1.807, 2.05) is 37.3 Å². The van der Waals surface area contributed by atoms with Crippen LogP contribution in [0.5, 0.6) is 0 Å². The van der Waals surface area contributed by atoms with Crippen LogP contribution in [0.25, 0.3) is 6.08 Å². The summed E-state index contributed by atoms with van der Waals surface area (Å²) >= 11 is 1.26. The normalized spacial score (nSPS) is 10.3. The van der Waals surface area contributed by atoms with E-state index in [1.165, 1.54) is 11.8 Å². The average molecular weight is 231 g/mol. The summed E-state index contributed by atoms with van der Waals surface area (Å²) in [6.07, 6.45) is 3.78. The quantitative estimate of drug-likeness (QED) is 0.802. The second-order valence-corrected chi connectivity index (χ2v) is 4.60. The van der Waals surface area contributed by atoms with Crippen LogP contribution in [0.4, 0.5) is 0 Å². The Balaban J connectivity index is 2.74. The molecule has 1 rings (SSSR count). The van der Waals surface area contributed by atoms with Crippen molar-refractivity contribution in [2.24, 2.45) is 0 Å². The van der Waals surface area contributed by atoms with Crippen LogP contribution in [0.15, 0.2) is 24.3 Å². The number of hydrogen-bond donors (Lipinski definition) is 0. The maximum absolute atomic E-state index is 10.7. The molecule has 0 bridgehead atoms. The number of rotatable bonds is 3. The highest BCUT2D eigenvalue weighted by atomic mass is 32.2. The summed E-state index contributed by atoms with van der Waals surface area (Å²) in [7, 11) is 0. The van der Waals surface area contributed by atoms with E-state index in [1.54, 1.807) is 6.92 Å². The minimum atomic E-state index is 0.106. The summed E-state index contributed by atoms with van der Waals surface area (Å²) in [4.78, 5) is 10.7. The van der Waals surface area contributed by atoms with Gasteiger partial charge in [-0.05, 0) is 24.1 Å². The molecule has 0 aliphatic heterocycles. The van der Waals surface area contributed by atoms with E-state index in [0.717, 1.165) is 11.1 Å². The van der Waals surface area contributed by atoms with Crippen molar-refractivity contribution >= 4 is 23.0 Å². The zero-order chi connectivity index (χ0) is 12.0. The number of carbonyl (C=O) groups excluding carboxylic acids is 1. The lowest BCUT2D eigenvalue weighted by Gasteiger charge is -1.99. The van der Waals surface area contributed by atoms with E-state index < -0.39 is 0 Å². The molecule has 0 radical (unpaired) electrons. The Kier molecular flexibility index (Phi) is 4.81. The van der Waals surface area contributed by atoms with E-state index in [-0.39, 0.29) is 5.12 Å². The lowest BCUT2D eigenvalue weighted by molar-refractivity contribution is -0.109. The molecule has 16 heavy (non-hydrogen) atoms. The average Bonchev–Trinajstić information content (AvgIpc) is 2.25. The van der Waals surface area contributed by atoms with Crippen LogP contribution >= 0.6 is 11.8 Å². The van der Waals surface area contributed by atoms with Crippen LogP contribution < -0.4 is 0 Å². The third-order valence-corrected chi connectivity index (χ3v) is 2.78. The van der Waals surface area contributed by atoms with Crippen molar-refractivity contribution in [2.45, 2.75) is 13.8 Å². The molecule has 0 aliphatic carbocycles. The van der Waals surface area contributed by atoms with Crippen LogP contribution in [0.3, 0.4) is 0 Å². The van der Waals surface area contributed by atoms with Gasteiger partial charge in [-0.1, -0.05) is 36.0 Å². The van der Waals surface area contributed by atoms with Gasteiger partial charge in [0.15, 0.2) is 5.12 Å². The summed E-state index contributed by atoms with van der Waals surface area (Å²) in [5, 5.41) is 9.05. The highest BCUT2D eigenvalue weighted by molar-refractivity contribution is 8.13. The molecule has 1 aromatic carbocycles. The number of thioether (sulfide) groups is 1. The number of hydrogen-bond acceptors (Lipinski definition) is 3. The topological polar surface area (TPSA) is 40.9 Å². The maximum atomic E-state index is 10.7. The van der Waals surface area contributed by atoms with Gasteiger partial charge in [0.1, 0.15) is 0 Å². The second kappa shape index (κ2) is 6.14. The third-order valence-electron chi connectivity index (χ3n) is 2.01. The SMILES string of the molecule is CC(=O)SCC=Cc1ccc(C)cc1C#N. The summed E-state index contributed by atoms with van der Waals surface area (Å²) < 4.78 is 0. The van der Waals surface area contributed by atoms with Gasteiger partial charge in [-0.25, -0.2) is 0 Å². The Bertz CT molecular complexity index is 457. The molecule has 1 aromatic rings. The monoisotopic (exact) mass is 231 g/mol. The fourth-order valence-electron chi connectivity index (χ4n) is 1.25. The van der Waals surface area contributed by atoms with Gasteiger partial charge in [0.05, 0.1) is 11.6 Å². The van der Waals surface area contributed by atoms with Crippen molar-refractivity contribution in [3.05, 3.63) is 41.0 Å². The zero-order valence-electron chi connectivity index (χ0n) is 9.36. The van der Waals surface area contributed by atoms with Crippen LogP contribution in [0.2, 0.25) is 0 Å². The van der Waals surface area contributed by atoms with Gasteiger partial charge in [-0.2, -0.15) is 5.26 Å². The van der Waals surface area contributed by atoms with Crippen molar-refractivity contribution in [3.63, 3.8) is 0 Å². The maximum Gasteiger partial charge on any atom is 0.186 e. The van der Waals surface area contributed by atoms with E-state index in [9.17, 15) is 4.79 Å². The van der Waals surface area contributed by atoms with Gasteiger partial charge in [-0.15, -0.1) is 0 Å². The molecule has 0 N–H and O–H groups in total. The van der Waals surface area contributed by atoms with Gasteiger partial charge in [0, 0.05) is 12.7 Å². The molecular weight excluding hydrogens is 218 g/mol.